The smallest absolute Gasteiger partial charge is 0.310 e. The molecule has 0 heterocycles. The summed E-state index contributed by atoms with van der Waals surface area (Å²) in [6.45, 7) is 1.78. The third kappa shape index (κ3) is 5.44. The van der Waals surface area contributed by atoms with Gasteiger partial charge in [-0.15, -0.1) is 0 Å². The van der Waals surface area contributed by atoms with Crippen LogP contribution < -0.4 is 9.64 Å². The number of para-hydroxylation sites is 1. The predicted octanol–water partition coefficient (Wildman–Crippen LogP) is 7.54. The first-order valence-electron chi connectivity index (χ1n) is 11.0. The summed E-state index contributed by atoms with van der Waals surface area (Å²) in [6.07, 6.45) is 13.4. The number of rotatable bonds is 7. The van der Waals surface area contributed by atoms with Gasteiger partial charge in [0, 0.05) is 23.5 Å². The Morgan fingerprint density at radius 3 is 2.06 bits per heavy atom. The van der Waals surface area contributed by atoms with Gasteiger partial charge in [0.25, 0.3) is 0 Å². The molecule has 1 aliphatic rings. The van der Waals surface area contributed by atoms with E-state index in [1.54, 1.807) is 6.92 Å². The van der Waals surface area contributed by atoms with Crippen LogP contribution in [0.5, 0.6) is 5.75 Å². The third-order valence-electron chi connectivity index (χ3n) is 5.27. The van der Waals surface area contributed by atoms with Gasteiger partial charge in [0.05, 0.1) is 0 Å². The Labute approximate surface area is 190 Å². The van der Waals surface area contributed by atoms with Crippen molar-refractivity contribution in [2.45, 2.75) is 26.2 Å². The van der Waals surface area contributed by atoms with E-state index in [1.165, 1.54) is 5.70 Å². The highest BCUT2D eigenvalue weighted by atomic mass is 16.5. The number of anilines is 2. The van der Waals surface area contributed by atoms with Crippen LogP contribution in [0.1, 0.15) is 37.3 Å². The molecule has 0 spiro atoms. The van der Waals surface area contributed by atoms with Crippen LogP contribution >= 0.6 is 0 Å². The SMILES string of the molecule is CCC(=O)Oc1ccc(/C=C/c2ccc(N(C3=CCCC=C3)c3ccccc3)cc2)cc1. The van der Waals surface area contributed by atoms with E-state index >= 15 is 0 Å². The van der Waals surface area contributed by atoms with E-state index in [2.05, 4.69) is 83.8 Å². The summed E-state index contributed by atoms with van der Waals surface area (Å²) in [4.78, 5) is 13.7. The van der Waals surface area contributed by atoms with E-state index < -0.39 is 0 Å². The lowest BCUT2D eigenvalue weighted by Crippen LogP contribution is -2.16. The molecule has 3 aromatic carbocycles. The molecule has 3 nitrogen and oxygen atoms in total. The van der Waals surface area contributed by atoms with E-state index in [0.717, 1.165) is 35.3 Å². The fraction of sp³-hybridized carbons (Fsp3) is 0.138. The molecule has 0 radical (unpaired) electrons. The predicted molar refractivity (Wildman–Crippen MR) is 133 cm³/mol. The second-order valence-electron chi connectivity index (χ2n) is 7.60. The monoisotopic (exact) mass is 421 g/mol. The van der Waals surface area contributed by atoms with Gasteiger partial charge >= 0.3 is 5.97 Å². The van der Waals surface area contributed by atoms with Crippen LogP contribution in [0.3, 0.4) is 0 Å². The van der Waals surface area contributed by atoms with Gasteiger partial charge in [0.1, 0.15) is 5.75 Å². The Morgan fingerprint density at radius 1 is 0.844 bits per heavy atom. The highest BCUT2D eigenvalue weighted by Crippen LogP contribution is 2.32. The number of carbonyl (C=O) groups excluding carboxylic acids is 1. The number of carbonyl (C=O) groups is 1. The zero-order valence-electron chi connectivity index (χ0n) is 18.3. The van der Waals surface area contributed by atoms with Crippen LogP contribution in [0, 0.1) is 0 Å². The normalized spacial score (nSPS) is 13.1. The molecule has 0 N–H and O–H groups in total. The van der Waals surface area contributed by atoms with Gasteiger partial charge in [-0.2, -0.15) is 0 Å². The van der Waals surface area contributed by atoms with Crippen LogP contribution in [-0.2, 0) is 4.79 Å². The quantitative estimate of drug-likeness (QED) is 0.224. The van der Waals surface area contributed by atoms with Gasteiger partial charge in [0.15, 0.2) is 0 Å². The maximum absolute atomic E-state index is 11.4. The van der Waals surface area contributed by atoms with Gasteiger partial charge < -0.3 is 9.64 Å². The summed E-state index contributed by atoms with van der Waals surface area (Å²) in [5.74, 6) is 0.350. The molecule has 4 rings (SSSR count). The Bertz CT molecular complexity index is 1120. The Kier molecular flexibility index (Phi) is 6.98. The number of nitrogens with zero attached hydrogens (tertiary/aromatic N) is 1. The van der Waals surface area contributed by atoms with Gasteiger partial charge in [-0.25, -0.2) is 0 Å². The summed E-state index contributed by atoms with van der Waals surface area (Å²) in [6, 6.07) is 26.6. The Balaban J connectivity index is 1.50. The first kappa shape index (κ1) is 21.4. The number of ether oxygens (including phenoxy) is 1. The highest BCUT2D eigenvalue weighted by molar-refractivity contribution is 5.75. The maximum Gasteiger partial charge on any atom is 0.310 e. The topological polar surface area (TPSA) is 29.5 Å². The molecule has 3 aromatic rings. The van der Waals surface area contributed by atoms with E-state index in [0.29, 0.717) is 12.2 Å². The minimum absolute atomic E-state index is 0.225. The fourth-order valence-electron chi connectivity index (χ4n) is 3.57. The molecule has 0 saturated carbocycles. The van der Waals surface area contributed by atoms with Crippen molar-refractivity contribution in [2.24, 2.45) is 0 Å². The highest BCUT2D eigenvalue weighted by Gasteiger charge is 2.13. The first-order chi connectivity index (χ1) is 15.7. The molecular formula is C29H27NO2. The zero-order chi connectivity index (χ0) is 22.2. The number of benzene rings is 3. The van der Waals surface area contributed by atoms with Crippen molar-refractivity contribution in [1.29, 1.82) is 0 Å². The van der Waals surface area contributed by atoms with Crippen molar-refractivity contribution in [1.82, 2.24) is 0 Å². The molecule has 32 heavy (non-hydrogen) atoms. The summed E-state index contributed by atoms with van der Waals surface area (Å²) in [7, 11) is 0. The summed E-state index contributed by atoms with van der Waals surface area (Å²) in [5, 5.41) is 0. The molecule has 0 amide bonds. The molecule has 0 bridgehead atoms. The maximum atomic E-state index is 11.4. The average Bonchev–Trinajstić information content (AvgIpc) is 2.86. The van der Waals surface area contributed by atoms with Crippen LogP contribution in [0.2, 0.25) is 0 Å². The van der Waals surface area contributed by atoms with Crippen LogP contribution in [-0.4, -0.2) is 5.97 Å². The van der Waals surface area contributed by atoms with Crippen LogP contribution in [0.25, 0.3) is 12.2 Å². The largest absolute Gasteiger partial charge is 0.427 e. The van der Waals surface area contributed by atoms with E-state index in [-0.39, 0.29) is 5.97 Å². The molecule has 0 aliphatic heterocycles. The lowest BCUT2D eigenvalue weighted by molar-refractivity contribution is -0.134. The Hall–Kier alpha value is -3.85. The van der Waals surface area contributed by atoms with Gasteiger partial charge in [-0.05, 0) is 66.4 Å². The number of hydrogen-bond donors (Lipinski definition) is 0. The molecular weight excluding hydrogens is 394 g/mol. The number of hydrogen-bond acceptors (Lipinski definition) is 3. The van der Waals surface area contributed by atoms with Gasteiger partial charge in [0.2, 0.25) is 0 Å². The van der Waals surface area contributed by atoms with Crippen LogP contribution in [0.15, 0.2) is 103 Å². The molecule has 0 saturated heterocycles. The standard InChI is InChI=1S/C29H27NO2/c1-2-29(31)32-28-21-17-24(18-22-28)14-13-23-15-19-27(20-16-23)30(25-9-5-3-6-10-25)26-11-7-4-8-12-26/h3,5-7,9-22H,2,4,8H2,1H3/b14-13+. The molecule has 0 unspecified atom stereocenters. The second kappa shape index (κ2) is 10.5. The molecule has 160 valence electrons. The average molecular weight is 422 g/mol. The van der Waals surface area contributed by atoms with Crippen molar-refractivity contribution >= 4 is 29.5 Å². The van der Waals surface area contributed by atoms with Crippen molar-refractivity contribution in [2.75, 3.05) is 4.90 Å². The van der Waals surface area contributed by atoms with Crippen LogP contribution in [0.4, 0.5) is 11.4 Å². The van der Waals surface area contributed by atoms with E-state index in [1.807, 2.05) is 30.3 Å². The number of allylic oxidation sites excluding steroid dienone is 3. The molecule has 0 fully saturated rings. The summed E-state index contributed by atoms with van der Waals surface area (Å²) < 4.78 is 5.23. The molecule has 3 heteroatoms. The lowest BCUT2D eigenvalue weighted by Gasteiger charge is -2.27. The fourth-order valence-corrected chi connectivity index (χ4v) is 3.57. The first-order valence-corrected chi connectivity index (χ1v) is 11.0. The Morgan fingerprint density at radius 2 is 1.47 bits per heavy atom. The van der Waals surface area contributed by atoms with Gasteiger partial charge in [-0.3, -0.25) is 4.79 Å². The molecule has 1 aliphatic carbocycles. The van der Waals surface area contributed by atoms with Crippen molar-refractivity contribution in [3.63, 3.8) is 0 Å². The number of esters is 1. The van der Waals surface area contributed by atoms with Crippen molar-refractivity contribution in [3.05, 3.63) is 114 Å². The van der Waals surface area contributed by atoms with Crippen molar-refractivity contribution in [3.8, 4) is 5.75 Å². The minimum Gasteiger partial charge on any atom is -0.427 e. The third-order valence-corrected chi connectivity index (χ3v) is 5.27. The summed E-state index contributed by atoms with van der Waals surface area (Å²) in [5.41, 5.74) is 5.66. The molecule has 0 atom stereocenters. The van der Waals surface area contributed by atoms with Crippen molar-refractivity contribution < 1.29 is 9.53 Å². The zero-order valence-corrected chi connectivity index (χ0v) is 18.3. The minimum atomic E-state index is -0.225. The van der Waals surface area contributed by atoms with E-state index in [4.69, 9.17) is 4.74 Å². The van der Waals surface area contributed by atoms with Gasteiger partial charge in [-0.1, -0.05) is 73.7 Å². The van der Waals surface area contributed by atoms with E-state index in [9.17, 15) is 4.79 Å². The summed E-state index contributed by atoms with van der Waals surface area (Å²) >= 11 is 0. The molecule has 0 aromatic heterocycles. The lowest BCUT2D eigenvalue weighted by atomic mass is 10.1. The second-order valence-corrected chi connectivity index (χ2v) is 7.60.